The number of carbonyl (C=O) groups is 1. The van der Waals surface area contributed by atoms with Crippen molar-refractivity contribution in [3.63, 3.8) is 0 Å². The minimum absolute atomic E-state index is 0.251. The lowest BCUT2D eigenvalue weighted by Gasteiger charge is -2.07. The van der Waals surface area contributed by atoms with Gasteiger partial charge < -0.3 is 9.47 Å². The molecule has 7 heteroatoms. The number of nitrogens with one attached hydrogen (secondary N) is 1. The summed E-state index contributed by atoms with van der Waals surface area (Å²) in [6, 6.07) is 0. The van der Waals surface area contributed by atoms with Crippen LogP contribution in [0.5, 0.6) is 5.88 Å². The number of rotatable bonds is 3. The lowest BCUT2D eigenvalue weighted by atomic mass is 10.1. The number of methoxy groups -OCH3 is 2. The van der Waals surface area contributed by atoms with E-state index in [0.717, 1.165) is 5.56 Å². The van der Waals surface area contributed by atoms with Crippen molar-refractivity contribution in [3.05, 3.63) is 23.8 Å². The lowest BCUT2D eigenvalue weighted by molar-refractivity contribution is 0.0595. The first kappa shape index (κ1) is 12.0. The second-order valence-corrected chi connectivity index (χ2v) is 3.51. The number of hydrogen-bond acceptors (Lipinski definition) is 6. The molecule has 0 fully saturated rings. The molecule has 2 aromatic heterocycles. The van der Waals surface area contributed by atoms with Crippen molar-refractivity contribution in [1.82, 2.24) is 20.2 Å². The number of carbonyl (C=O) groups excluding carboxylic acids is 1. The standard InChI is InChI=1S/C11H12N4O3/c1-6-8(12-5-13-10(6)17-2)7-4-14-15-9(7)11(16)18-3/h4-5H,1-3H3,(H,14,15). The summed E-state index contributed by atoms with van der Waals surface area (Å²) in [7, 11) is 2.83. The van der Waals surface area contributed by atoms with Gasteiger partial charge in [0, 0.05) is 5.56 Å². The number of aromatic nitrogens is 4. The molecule has 94 valence electrons. The largest absolute Gasteiger partial charge is 0.481 e. The molecule has 0 saturated carbocycles. The van der Waals surface area contributed by atoms with Gasteiger partial charge in [-0.3, -0.25) is 5.10 Å². The molecule has 7 nitrogen and oxygen atoms in total. The van der Waals surface area contributed by atoms with E-state index in [1.54, 1.807) is 0 Å². The summed E-state index contributed by atoms with van der Waals surface area (Å²) in [4.78, 5) is 19.7. The fourth-order valence-electron chi connectivity index (χ4n) is 1.63. The highest BCUT2D eigenvalue weighted by molar-refractivity contribution is 5.94. The summed E-state index contributed by atoms with van der Waals surface area (Å²) < 4.78 is 9.78. The Morgan fingerprint density at radius 3 is 2.78 bits per heavy atom. The summed E-state index contributed by atoms with van der Waals surface area (Å²) in [5.41, 5.74) is 2.11. The zero-order valence-electron chi connectivity index (χ0n) is 10.2. The van der Waals surface area contributed by atoms with E-state index in [1.165, 1.54) is 26.7 Å². The number of aromatic amines is 1. The Kier molecular flexibility index (Phi) is 3.22. The van der Waals surface area contributed by atoms with Crippen molar-refractivity contribution in [2.45, 2.75) is 6.92 Å². The number of esters is 1. The molecule has 0 aromatic carbocycles. The van der Waals surface area contributed by atoms with E-state index in [0.29, 0.717) is 17.1 Å². The van der Waals surface area contributed by atoms with Crippen molar-refractivity contribution >= 4 is 5.97 Å². The summed E-state index contributed by atoms with van der Waals surface area (Å²) in [5, 5.41) is 6.43. The highest BCUT2D eigenvalue weighted by atomic mass is 16.5. The molecule has 0 aliphatic rings. The van der Waals surface area contributed by atoms with Crippen LogP contribution in [0.1, 0.15) is 16.1 Å². The highest BCUT2D eigenvalue weighted by Gasteiger charge is 2.19. The number of H-pyrrole nitrogens is 1. The molecule has 0 bridgehead atoms. The molecular weight excluding hydrogens is 236 g/mol. The third-order valence-corrected chi connectivity index (χ3v) is 2.52. The first-order valence-electron chi connectivity index (χ1n) is 5.16. The van der Waals surface area contributed by atoms with Crippen LogP contribution in [0.25, 0.3) is 11.3 Å². The maximum absolute atomic E-state index is 11.6. The Hall–Kier alpha value is -2.44. The maximum atomic E-state index is 11.6. The molecule has 0 aliphatic carbocycles. The lowest BCUT2D eigenvalue weighted by Crippen LogP contribution is -2.05. The van der Waals surface area contributed by atoms with E-state index >= 15 is 0 Å². The average molecular weight is 248 g/mol. The van der Waals surface area contributed by atoms with Crippen LogP contribution < -0.4 is 4.74 Å². The van der Waals surface area contributed by atoms with Gasteiger partial charge in [0.05, 0.1) is 31.7 Å². The van der Waals surface area contributed by atoms with E-state index in [2.05, 4.69) is 24.9 Å². The quantitative estimate of drug-likeness (QED) is 0.814. The molecule has 0 spiro atoms. The molecule has 0 radical (unpaired) electrons. The zero-order valence-corrected chi connectivity index (χ0v) is 10.2. The normalized spacial score (nSPS) is 10.2. The van der Waals surface area contributed by atoms with Gasteiger partial charge in [-0.15, -0.1) is 0 Å². The van der Waals surface area contributed by atoms with E-state index in [4.69, 9.17) is 4.74 Å². The summed E-state index contributed by atoms with van der Waals surface area (Å²) in [6.07, 6.45) is 2.89. The SMILES string of the molecule is COC(=O)c1[nH]ncc1-c1ncnc(OC)c1C. The molecule has 0 amide bonds. The monoisotopic (exact) mass is 248 g/mol. The third-order valence-electron chi connectivity index (χ3n) is 2.52. The van der Waals surface area contributed by atoms with Crippen LogP contribution >= 0.6 is 0 Å². The predicted octanol–water partition coefficient (Wildman–Crippen LogP) is 0.970. The molecule has 0 saturated heterocycles. The van der Waals surface area contributed by atoms with Crippen molar-refractivity contribution in [2.75, 3.05) is 14.2 Å². The smallest absolute Gasteiger partial charge is 0.356 e. The molecule has 0 atom stereocenters. The Balaban J connectivity index is 2.56. The Labute approximate surface area is 103 Å². The first-order chi connectivity index (χ1) is 8.69. The molecule has 0 aliphatic heterocycles. The van der Waals surface area contributed by atoms with Gasteiger partial charge in [-0.25, -0.2) is 14.8 Å². The average Bonchev–Trinajstić information content (AvgIpc) is 2.87. The Morgan fingerprint density at radius 1 is 1.33 bits per heavy atom. The number of nitrogens with zero attached hydrogens (tertiary/aromatic N) is 3. The fourth-order valence-corrected chi connectivity index (χ4v) is 1.63. The van der Waals surface area contributed by atoms with Crippen LogP contribution in [0.15, 0.2) is 12.5 Å². The molecule has 2 aromatic rings. The number of ether oxygens (including phenoxy) is 2. The minimum Gasteiger partial charge on any atom is -0.481 e. The molecule has 0 unspecified atom stereocenters. The predicted molar refractivity (Wildman–Crippen MR) is 62.2 cm³/mol. The zero-order chi connectivity index (χ0) is 13.1. The molecule has 18 heavy (non-hydrogen) atoms. The van der Waals surface area contributed by atoms with Crippen LogP contribution in [0.3, 0.4) is 0 Å². The fraction of sp³-hybridized carbons (Fsp3) is 0.273. The van der Waals surface area contributed by atoms with Gasteiger partial charge in [0.2, 0.25) is 5.88 Å². The maximum Gasteiger partial charge on any atom is 0.356 e. The van der Waals surface area contributed by atoms with Gasteiger partial charge in [-0.2, -0.15) is 5.10 Å². The number of hydrogen-bond donors (Lipinski definition) is 1. The van der Waals surface area contributed by atoms with Gasteiger partial charge in [-0.05, 0) is 6.92 Å². The minimum atomic E-state index is -0.500. The van der Waals surface area contributed by atoms with E-state index < -0.39 is 5.97 Å². The van der Waals surface area contributed by atoms with Crippen molar-refractivity contribution in [1.29, 1.82) is 0 Å². The summed E-state index contributed by atoms with van der Waals surface area (Å²) >= 11 is 0. The second kappa shape index (κ2) is 4.82. The first-order valence-corrected chi connectivity index (χ1v) is 5.16. The summed E-state index contributed by atoms with van der Waals surface area (Å²) in [6.45, 7) is 1.81. The van der Waals surface area contributed by atoms with Crippen LogP contribution in [0.4, 0.5) is 0 Å². The summed E-state index contributed by atoms with van der Waals surface area (Å²) in [5.74, 6) is -0.0449. The van der Waals surface area contributed by atoms with Crippen molar-refractivity contribution in [3.8, 4) is 17.1 Å². The van der Waals surface area contributed by atoms with Crippen LogP contribution in [0, 0.1) is 6.92 Å². The second-order valence-electron chi connectivity index (χ2n) is 3.51. The van der Waals surface area contributed by atoms with E-state index in [-0.39, 0.29) is 5.69 Å². The third kappa shape index (κ3) is 1.90. The highest BCUT2D eigenvalue weighted by Crippen LogP contribution is 2.27. The van der Waals surface area contributed by atoms with Gasteiger partial charge in [0.25, 0.3) is 0 Å². The van der Waals surface area contributed by atoms with E-state index in [9.17, 15) is 4.79 Å². The van der Waals surface area contributed by atoms with Crippen LogP contribution in [0.2, 0.25) is 0 Å². The topological polar surface area (TPSA) is 90.0 Å². The van der Waals surface area contributed by atoms with Crippen LogP contribution in [-0.4, -0.2) is 40.4 Å². The van der Waals surface area contributed by atoms with Crippen molar-refractivity contribution < 1.29 is 14.3 Å². The Morgan fingerprint density at radius 2 is 2.11 bits per heavy atom. The van der Waals surface area contributed by atoms with Gasteiger partial charge in [0.15, 0.2) is 5.69 Å². The van der Waals surface area contributed by atoms with E-state index in [1.807, 2.05) is 6.92 Å². The Bertz CT molecular complexity index is 579. The van der Waals surface area contributed by atoms with Gasteiger partial charge in [0.1, 0.15) is 6.33 Å². The van der Waals surface area contributed by atoms with Crippen molar-refractivity contribution in [2.24, 2.45) is 0 Å². The molecule has 2 heterocycles. The molecular formula is C11H12N4O3. The van der Waals surface area contributed by atoms with Gasteiger partial charge >= 0.3 is 5.97 Å². The molecule has 1 N–H and O–H groups in total. The van der Waals surface area contributed by atoms with Crippen LogP contribution in [-0.2, 0) is 4.74 Å². The van der Waals surface area contributed by atoms with Gasteiger partial charge in [-0.1, -0.05) is 0 Å². The molecule has 2 rings (SSSR count).